The zero-order chi connectivity index (χ0) is 20.0. The van der Waals surface area contributed by atoms with Gasteiger partial charge < -0.3 is 20.1 Å². The van der Waals surface area contributed by atoms with Crippen LogP contribution in [0.1, 0.15) is 31.1 Å². The molecule has 0 unspecified atom stereocenters. The van der Waals surface area contributed by atoms with Crippen molar-refractivity contribution in [1.82, 2.24) is 0 Å². The first kappa shape index (κ1) is 20.8. The number of amides is 2. The van der Waals surface area contributed by atoms with Gasteiger partial charge in [0, 0.05) is 22.9 Å². The second kappa shape index (κ2) is 9.41. The smallest absolute Gasteiger partial charge is 0.255 e. The lowest BCUT2D eigenvalue weighted by Gasteiger charge is -2.13. The molecule has 0 atom stereocenters. The van der Waals surface area contributed by atoms with Crippen LogP contribution in [0.15, 0.2) is 40.9 Å². The SMILES string of the molecule is CCOc1c(Br)cc(C(=O)Nc2ccc(NC(=O)C(C)C)cc2)cc1OC. The number of carbonyl (C=O) groups is 2. The Morgan fingerprint density at radius 2 is 1.67 bits per heavy atom. The number of hydrogen-bond donors (Lipinski definition) is 2. The molecule has 2 rings (SSSR count). The van der Waals surface area contributed by atoms with Gasteiger partial charge in [-0.3, -0.25) is 9.59 Å². The number of ether oxygens (including phenoxy) is 2. The predicted octanol–water partition coefficient (Wildman–Crippen LogP) is 4.70. The van der Waals surface area contributed by atoms with Crippen molar-refractivity contribution >= 4 is 39.1 Å². The maximum Gasteiger partial charge on any atom is 0.255 e. The highest BCUT2D eigenvalue weighted by atomic mass is 79.9. The van der Waals surface area contributed by atoms with E-state index in [1.54, 1.807) is 36.4 Å². The minimum atomic E-state index is -0.281. The Bertz CT molecular complexity index is 819. The average molecular weight is 435 g/mol. The monoisotopic (exact) mass is 434 g/mol. The van der Waals surface area contributed by atoms with Gasteiger partial charge in [0.1, 0.15) is 0 Å². The lowest BCUT2D eigenvalue weighted by atomic mass is 10.1. The largest absolute Gasteiger partial charge is 0.493 e. The lowest BCUT2D eigenvalue weighted by Crippen LogP contribution is -2.17. The van der Waals surface area contributed by atoms with Gasteiger partial charge in [-0.15, -0.1) is 0 Å². The van der Waals surface area contributed by atoms with Crippen molar-refractivity contribution in [1.29, 1.82) is 0 Å². The van der Waals surface area contributed by atoms with Crippen molar-refractivity contribution in [2.75, 3.05) is 24.4 Å². The van der Waals surface area contributed by atoms with Gasteiger partial charge in [-0.05, 0) is 59.3 Å². The molecule has 2 N–H and O–H groups in total. The van der Waals surface area contributed by atoms with Gasteiger partial charge in [0.15, 0.2) is 11.5 Å². The summed E-state index contributed by atoms with van der Waals surface area (Å²) in [4.78, 5) is 24.3. The van der Waals surface area contributed by atoms with Crippen LogP contribution >= 0.6 is 15.9 Å². The minimum absolute atomic E-state index is 0.0573. The van der Waals surface area contributed by atoms with E-state index in [-0.39, 0.29) is 17.7 Å². The first-order chi connectivity index (χ1) is 12.8. The van der Waals surface area contributed by atoms with E-state index in [4.69, 9.17) is 9.47 Å². The van der Waals surface area contributed by atoms with Gasteiger partial charge in [0.05, 0.1) is 18.2 Å². The summed E-state index contributed by atoms with van der Waals surface area (Å²) in [6.07, 6.45) is 0. The van der Waals surface area contributed by atoms with Crippen LogP contribution in [0.5, 0.6) is 11.5 Å². The highest BCUT2D eigenvalue weighted by Crippen LogP contribution is 2.36. The minimum Gasteiger partial charge on any atom is -0.493 e. The average Bonchev–Trinajstić information content (AvgIpc) is 2.64. The number of halogens is 1. The maximum absolute atomic E-state index is 12.6. The van der Waals surface area contributed by atoms with E-state index in [9.17, 15) is 9.59 Å². The summed E-state index contributed by atoms with van der Waals surface area (Å²) in [6.45, 7) is 6.01. The molecule has 0 radical (unpaired) electrons. The molecule has 2 aromatic rings. The number of rotatable bonds is 7. The zero-order valence-corrected chi connectivity index (χ0v) is 17.3. The standard InChI is InChI=1S/C20H23BrN2O4/c1-5-27-18-16(21)10-13(11-17(18)26-4)20(25)23-15-8-6-14(7-9-15)22-19(24)12(2)3/h6-12H,5H2,1-4H3,(H,22,24)(H,23,25). The van der Waals surface area contributed by atoms with Crippen LogP contribution in [0.4, 0.5) is 11.4 Å². The molecule has 0 aliphatic heterocycles. The Kier molecular flexibility index (Phi) is 7.24. The van der Waals surface area contributed by atoms with E-state index in [0.29, 0.717) is 39.5 Å². The molecule has 2 amide bonds. The highest BCUT2D eigenvalue weighted by molar-refractivity contribution is 9.10. The van der Waals surface area contributed by atoms with E-state index >= 15 is 0 Å². The van der Waals surface area contributed by atoms with E-state index < -0.39 is 0 Å². The third-order valence-electron chi connectivity index (χ3n) is 3.71. The molecular formula is C20H23BrN2O4. The van der Waals surface area contributed by atoms with Crippen molar-refractivity contribution in [3.63, 3.8) is 0 Å². The fraction of sp³-hybridized carbons (Fsp3) is 0.300. The Morgan fingerprint density at radius 3 is 2.19 bits per heavy atom. The third kappa shape index (κ3) is 5.47. The topological polar surface area (TPSA) is 76.7 Å². The molecule has 0 heterocycles. The second-order valence-electron chi connectivity index (χ2n) is 6.10. The molecule has 0 spiro atoms. The van der Waals surface area contributed by atoms with Crippen LogP contribution in [0.25, 0.3) is 0 Å². The Labute approximate surface area is 167 Å². The van der Waals surface area contributed by atoms with Gasteiger partial charge in [-0.2, -0.15) is 0 Å². The van der Waals surface area contributed by atoms with Crippen molar-refractivity contribution in [3.05, 3.63) is 46.4 Å². The summed E-state index contributed by atoms with van der Waals surface area (Å²) < 4.78 is 11.5. The van der Waals surface area contributed by atoms with Crippen LogP contribution < -0.4 is 20.1 Å². The molecular weight excluding hydrogens is 412 g/mol. The fourth-order valence-corrected chi connectivity index (χ4v) is 2.82. The number of benzene rings is 2. The molecule has 7 heteroatoms. The second-order valence-corrected chi connectivity index (χ2v) is 6.95. The molecule has 27 heavy (non-hydrogen) atoms. The number of hydrogen-bond acceptors (Lipinski definition) is 4. The molecule has 0 saturated heterocycles. The van der Waals surface area contributed by atoms with Gasteiger partial charge >= 0.3 is 0 Å². The molecule has 0 fully saturated rings. The van der Waals surface area contributed by atoms with E-state index in [2.05, 4.69) is 26.6 Å². The predicted molar refractivity (Wildman–Crippen MR) is 110 cm³/mol. The first-order valence-corrected chi connectivity index (χ1v) is 9.37. The van der Waals surface area contributed by atoms with Crippen LogP contribution in [0.3, 0.4) is 0 Å². The van der Waals surface area contributed by atoms with Crippen LogP contribution in [0, 0.1) is 5.92 Å². The molecule has 6 nitrogen and oxygen atoms in total. The lowest BCUT2D eigenvalue weighted by molar-refractivity contribution is -0.118. The van der Waals surface area contributed by atoms with E-state index in [1.165, 1.54) is 7.11 Å². The summed E-state index contributed by atoms with van der Waals surface area (Å²) >= 11 is 3.41. The van der Waals surface area contributed by atoms with Crippen molar-refractivity contribution in [3.8, 4) is 11.5 Å². The van der Waals surface area contributed by atoms with Gasteiger partial charge in [-0.1, -0.05) is 13.8 Å². The van der Waals surface area contributed by atoms with Gasteiger partial charge in [0.2, 0.25) is 5.91 Å². The quantitative estimate of drug-likeness (QED) is 0.661. The molecule has 0 aliphatic carbocycles. The summed E-state index contributed by atoms with van der Waals surface area (Å²) in [6, 6.07) is 10.3. The Balaban J connectivity index is 2.13. The number of carbonyl (C=O) groups excluding carboxylic acids is 2. The van der Waals surface area contributed by atoms with Crippen molar-refractivity contribution in [2.24, 2.45) is 5.92 Å². The molecule has 2 aromatic carbocycles. The Morgan fingerprint density at radius 1 is 1.07 bits per heavy atom. The van der Waals surface area contributed by atoms with Gasteiger partial charge in [-0.25, -0.2) is 0 Å². The maximum atomic E-state index is 12.6. The fourth-order valence-electron chi connectivity index (χ4n) is 2.26. The first-order valence-electron chi connectivity index (χ1n) is 8.58. The van der Waals surface area contributed by atoms with Crippen LogP contribution in [-0.2, 0) is 4.79 Å². The molecule has 0 bridgehead atoms. The van der Waals surface area contributed by atoms with Gasteiger partial charge in [0.25, 0.3) is 5.91 Å². The third-order valence-corrected chi connectivity index (χ3v) is 4.30. The summed E-state index contributed by atoms with van der Waals surface area (Å²) in [7, 11) is 1.52. The van der Waals surface area contributed by atoms with Crippen molar-refractivity contribution < 1.29 is 19.1 Å². The summed E-state index contributed by atoms with van der Waals surface area (Å²) in [5.74, 6) is 0.594. The Hall–Kier alpha value is -2.54. The number of methoxy groups -OCH3 is 1. The van der Waals surface area contributed by atoms with E-state index in [1.807, 2.05) is 20.8 Å². The number of anilines is 2. The number of nitrogens with one attached hydrogen (secondary N) is 2. The molecule has 144 valence electrons. The normalized spacial score (nSPS) is 10.4. The zero-order valence-electron chi connectivity index (χ0n) is 15.8. The summed E-state index contributed by atoms with van der Waals surface area (Å²) in [5, 5.41) is 5.63. The highest BCUT2D eigenvalue weighted by Gasteiger charge is 2.16. The summed E-state index contributed by atoms with van der Waals surface area (Å²) in [5.41, 5.74) is 1.73. The van der Waals surface area contributed by atoms with Crippen molar-refractivity contribution in [2.45, 2.75) is 20.8 Å². The molecule has 0 aromatic heterocycles. The molecule has 0 aliphatic rings. The van der Waals surface area contributed by atoms with Crippen LogP contribution in [0.2, 0.25) is 0 Å². The molecule has 0 saturated carbocycles. The van der Waals surface area contributed by atoms with Crippen LogP contribution in [-0.4, -0.2) is 25.5 Å². The van der Waals surface area contributed by atoms with E-state index in [0.717, 1.165) is 0 Å².